The van der Waals surface area contributed by atoms with Crippen LogP contribution in [0, 0.1) is 5.41 Å². The second-order valence-electron chi connectivity index (χ2n) is 4.39. The Hall–Kier alpha value is -0.820. The first-order chi connectivity index (χ1) is 7.25. The third-order valence-corrected chi connectivity index (χ3v) is 2.87. The Bertz CT molecular complexity index is 264. The molecule has 2 aliphatic heterocycles. The first-order valence-electron chi connectivity index (χ1n) is 4.95. The summed E-state index contributed by atoms with van der Waals surface area (Å²) in [6, 6.07) is 0. The summed E-state index contributed by atoms with van der Waals surface area (Å²) >= 11 is 0. The zero-order valence-corrected chi connectivity index (χ0v) is 8.97. The van der Waals surface area contributed by atoms with Gasteiger partial charge >= 0.3 is 12.1 Å². The van der Waals surface area contributed by atoms with Gasteiger partial charge in [0.25, 0.3) is 0 Å². The number of halogens is 3. The van der Waals surface area contributed by atoms with Crippen molar-refractivity contribution in [1.29, 1.82) is 0 Å². The Morgan fingerprint density at radius 1 is 1.44 bits per heavy atom. The van der Waals surface area contributed by atoms with E-state index in [0.717, 1.165) is 0 Å². The van der Waals surface area contributed by atoms with Gasteiger partial charge in [0, 0.05) is 25.0 Å². The summed E-state index contributed by atoms with van der Waals surface area (Å²) in [5.74, 6) is -2.76. The molecule has 16 heavy (non-hydrogen) atoms. The lowest BCUT2D eigenvalue weighted by Gasteiger charge is -2.38. The van der Waals surface area contributed by atoms with Crippen LogP contribution in [0.25, 0.3) is 0 Å². The van der Waals surface area contributed by atoms with Crippen molar-refractivity contribution in [3.05, 3.63) is 0 Å². The number of alkyl halides is 3. The fourth-order valence-electron chi connectivity index (χ4n) is 1.93. The number of aliphatic carboxylic acids is 1. The van der Waals surface area contributed by atoms with Crippen LogP contribution in [0.15, 0.2) is 0 Å². The maximum atomic E-state index is 10.6. The van der Waals surface area contributed by atoms with Gasteiger partial charge in [-0.05, 0) is 20.0 Å². The lowest BCUT2D eigenvalue weighted by Crippen LogP contribution is -2.54. The highest BCUT2D eigenvalue weighted by Crippen LogP contribution is 2.32. The van der Waals surface area contributed by atoms with Crippen molar-refractivity contribution in [3.63, 3.8) is 0 Å². The minimum atomic E-state index is -5.08. The van der Waals surface area contributed by atoms with Gasteiger partial charge in [-0.25, -0.2) is 4.79 Å². The van der Waals surface area contributed by atoms with Crippen molar-refractivity contribution in [3.8, 4) is 0 Å². The Balaban J connectivity index is 0.000000168. The van der Waals surface area contributed by atoms with Crippen LogP contribution in [0.4, 0.5) is 13.2 Å². The van der Waals surface area contributed by atoms with Gasteiger partial charge < -0.3 is 15.3 Å². The molecule has 7 heteroatoms. The predicted molar refractivity (Wildman–Crippen MR) is 51.1 cm³/mol. The summed E-state index contributed by atoms with van der Waals surface area (Å²) in [7, 11) is 2.22. The molecule has 0 atom stereocenters. The number of hydrogen-bond donors (Lipinski definition) is 2. The van der Waals surface area contributed by atoms with Crippen molar-refractivity contribution in [2.75, 3.05) is 33.2 Å². The van der Waals surface area contributed by atoms with E-state index in [1.54, 1.807) is 0 Å². The molecule has 0 unspecified atom stereocenters. The molecule has 0 aromatic rings. The van der Waals surface area contributed by atoms with Gasteiger partial charge in [-0.1, -0.05) is 0 Å². The average molecular weight is 240 g/mol. The minimum Gasteiger partial charge on any atom is -0.475 e. The molecule has 0 bridgehead atoms. The van der Waals surface area contributed by atoms with E-state index >= 15 is 0 Å². The van der Waals surface area contributed by atoms with E-state index < -0.39 is 12.1 Å². The molecule has 2 fully saturated rings. The number of carboxylic acids is 1. The lowest BCUT2D eigenvalue weighted by atomic mass is 9.81. The number of nitrogens with zero attached hydrogens (tertiary/aromatic N) is 1. The summed E-state index contributed by atoms with van der Waals surface area (Å²) < 4.78 is 31.7. The highest BCUT2D eigenvalue weighted by Gasteiger charge is 2.41. The van der Waals surface area contributed by atoms with Gasteiger partial charge in [-0.3, -0.25) is 0 Å². The molecule has 2 aliphatic rings. The summed E-state index contributed by atoms with van der Waals surface area (Å²) in [6.45, 7) is 5.15. The molecule has 4 nitrogen and oxygen atoms in total. The first kappa shape index (κ1) is 13.2. The van der Waals surface area contributed by atoms with Crippen LogP contribution >= 0.6 is 0 Å². The fraction of sp³-hybridized carbons (Fsp3) is 0.889. The number of carboxylic acid groups (broad SMARTS) is 1. The molecular weight excluding hydrogens is 225 g/mol. The largest absolute Gasteiger partial charge is 0.490 e. The van der Waals surface area contributed by atoms with Crippen LogP contribution in [0.5, 0.6) is 0 Å². The van der Waals surface area contributed by atoms with E-state index in [0.29, 0.717) is 5.41 Å². The summed E-state index contributed by atoms with van der Waals surface area (Å²) in [5.41, 5.74) is 0.703. The molecule has 2 heterocycles. The van der Waals surface area contributed by atoms with Gasteiger partial charge in [0.2, 0.25) is 0 Å². The summed E-state index contributed by atoms with van der Waals surface area (Å²) in [6.07, 6.45) is -3.67. The topological polar surface area (TPSA) is 52.6 Å². The third-order valence-electron chi connectivity index (χ3n) is 2.87. The molecule has 2 rings (SSSR count). The molecule has 0 amide bonds. The molecule has 94 valence electrons. The summed E-state index contributed by atoms with van der Waals surface area (Å²) in [4.78, 5) is 11.3. The number of nitrogens with one attached hydrogen (secondary N) is 1. The lowest BCUT2D eigenvalue weighted by molar-refractivity contribution is -0.192. The Labute approximate surface area is 91.4 Å². The maximum absolute atomic E-state index is 10.6. The van der Waals surface area contributed by atoms with Gasteiger partial charge in [0.05, 0.1) is 0 Å². The molecule has 0 radical (unpaired) electrons. The van der Waals surface area contributed by atoms with Crippen molar-refractivity contribution < 1.29 is 23.1 Å². The molecule has 2 saturated heterocycles. The highest BCUT2D eigenvalue weighted by atomic mass is 19.4. The number of hydrogen-bond acceptors (Lipinski definition) is 3. The van der Waals surface area contributed by atoms with Gasteiger partial charge in [0.1, 0.15) is 0 Å². The number of rotatable bonds is 0. The smallest absolute Gasteiger partial charge is 0.475 e. The average Bonchev–Trinajstić information content (AvgIpc) is 2.46. The molecule has 0 aromatic heterocycles. The third kappa shape index (κ3) is 3.34. The molecule has 2 N–H and O–H groups in total. The van der Waals surface area contributed by atoms with E-state index in [1.807, 2.05) is 0 Å². The Morgan fingerprint density at radius 2 is 1.94 bits per heavy atom. The van der Waals surface area contributed by atoms with Crippen molar-refractivity contribution in [2.45, 2.75) is 12.6 Å². The zero-order chi connectivity index (χ0) is 12.4. The maximum Gasteiger partial charge on any atom is 0.490 e. The van der Waals surface area contributed by atoms with Gasteiger partial charge in [-0.2, -0.15) is 13.2 Å². The molecule has 0 saturated carbocycles. The number of likely N-dealkylation sites (tertiary alicyclic amines) is 1. The van der Waals surface area contributed by atoms with Crippen LogP contribution in [0.2, 0.25) is 0 Å². The SMILES string of the molecule is CN1CCC2(CNC2)C1.O=C(O)C(F)(F)F. The van der Waals surface area contributed by atoms with Gasteiger partial charge in [0.15, 0.2) is 0 Å². The number of carbonyl (C=O) groups is 1. The predicted octanol–water partition coefficient (Wildman–Crippen LogP) is 0.545. The van der Waals surface area contributed by atoms with Crippen LogP contribution < -0.4 is 5.32 Å². The molecular formula is C9H15F3N2O2. The van der Waals surface area contributed by atoms with Crippen molar-refractivity contribution in [2.24, 2.45) is 5.41 Å². The summed E-state index contributed by atoms with van der Waals surface area (Å²) in [5, 5.41) is 10.5. The van der Waals surface area contributed by atoms with Gasteiger partial charge in [-0.15, -0.1) is 0 Å². The van der Waals surface area contributed by atoms with Crippen LogP contribution in [-0.2, 0) is 4.79 Å². The zero-order valence-electron chi connectivity index (χ0n) is 8.97. The fourth-order valence-corrected chi connectivity index (χ4v) is 1.93. The molecule has 0 aromatic carbocycles. The highest BCUT2D eigenvalue weighted by molar-refractivity contribution is 5.73. The van der Waals surface area contributed by atoms with Crippen molar-refractivity contribution in [1.82, 2.24) is 10.2 Å². The van der Waals surface area contributed by atoms with Crippen LogP contribution in [0.1, 0.15) is 6.42 Å². The minimum absolute atomic E-state index is 0.703. The van der Waals surface area contributed by atoms with E-state index in [4.69, 9.17) is 9.90 Å². The van der Waals surface area contributed by atoms with E-state index in [2.05, 4.69) is 17.3 Å². The van der Waals surface area contributed by atoms with Crippen LogP contribution in [0.3, 0.4) is 0 Å². The molecule has 0 aliphatic carbocycles. The molecule has 1 spiro atoms. The normalized spacial score (nSPS) is 23.5. The monoisotopic (exact) mass is 240 g/mol. The van der Waals surface area contributed by atoms with Crippen LogP contribution in [-0.4, -0.2) is 55.4 Å². The van der Waals surface area contributed by atoms with Crippen molar-refractivity contribution >= 4 is 5.97 Å². The van der Waals surface area contributed by atoms with E-state index in [9.17, 15) is 13.2 Å². The van der Waals surface area contributed by atoms with E-state index in [-0.39, 0.29) is 0 Å². The Kier molecular flexibility index (Phi) is 3.80. The first-order valence-corrected chi connectivity index (χ1v) is 4.95. The second kappa shape index (κ2) is 4.58. The Morgan fingerprint density at radius 3 is 2.06 bits per heavy atom. The quantitative estimate of drug-likeness (QED) is 0.649. The van der Waals surface area contributed by atoms with E-state index in [1.165, 1.54) is 32.6 Å². The standard InChI is InChI=1S/C7H14N2.C2HF3O2/c1-9-3-2-7(6-9)4-8-5-7;3-2(4,5)1(6)7/h8H,2-6H2,1H3;(H,6,7). The second-order valence-corrected chi connectivity index (χ2v) is 4.39.